The maximum absolute atomic E-state index is 12.3. The van der Waals surface area contributed by atoms with E-state index in [2.05, 4.69) is 22.0 Å². The molecular formula is C16H16BrNO. The molecule has 1 aliphatic rings. The number of fused-ring (bicyclic) bond motifs is 1. The molecular weight excluding hydrogens is 302 g/mol. The number of hydrogen-bond acceptors (Lipinski definition) is 1. The SMILES string of the molecule is CN(CC1CC1)C(=O)c1ccc2cc(Br)ccc2c1. The third-order valence-electron chi connectivity index (χ3n) is 3.62. The van der Waals surface area contributed by atoms with E-state index in [9.17, 15) is 4.79 Å². The van der Waals surface area contributed by atoms with Crippen molar-refractivity contribution in [3.63, 3.8) is 0 Å². The van der Waals surface area contributed by atoms with Crippen molar-refractivity contribution in [2.24, 2.45) is 5.92 Å². The summed E-state index contributed by atoms with van der Waals surface area (Å²) in [4.78, 5) is 14.2. The molecule has 0 aliphatic heterocycles. The van der Waals surface area contributed by atoms with E-state index in [0.717, 1.165) is 33.3 Å². The Balaban J connectivity index is 1.87. The zero-order valence-corrected chi connectivity index (χ0v) is 12.5. The van der Waals surface area contributed by atoms with E-state index in [1.165, 1.54) is 12.8 Å². The minimum absolute atomic E-state index is 0.122. The van der Waals surface area contributed by atoms with Crippen LogP contribution >= 0.6 is 15.9 Å². The maximum atomic E-state index is 12.3. The molecule has 0 unspecified atom stereocenters. The summed E-state index contributed by atoms with van der Waals surface area (Å²) in [5.74, 6) is 0.849. The standard InChI is InChI=1S/C16H16BrNO/c1-18(10-11-2-3-11)16(19)14-5-4-13-9-15(17)7-6-12(13)8-14/h4-9,11H,2-3,10H2,1H3. The van der Waals surface area contributed by atoms with Gasteiger partial charge in [0, 0.05) is 23.6 Å². The molecule has 0 saturated heterocycles. The Kier molecular flexibility index (Phi) is 3.31. The second-order valence-corrected chi connectivity index (χ2v) is 6.25. The van der Waals surface area contributed by atoms with Gasteiger partial charge in [-0.15, -0.1) is 0 Å². The summed E-state index contributed by atoms with van der Waals surface area (Å²) in [7, 11) is 1.90. The molecule has 2 aromatic carbocycles. The molecule has 1 amide bonds. The zero-order valence-electron chi connectivity index (χ0n) is 10.9. The highest BCUT2D eigenvalue weighted by atomic mass is 79.9. The van der Waals surface area contributed by atoms with Crippen molar-refractivity contribution in [1.82, 2.24) is 4.90 Å². The lowest BCUT2D eigenvalue weighted by atomic mass is 10.1. The molecule has 0 radical (unpaired) electrons. The predicted octanol–water partition coefficient (Wildman–Crippen LogP) is 4.08. The van der Waals surface area contributed by atoms with Crippen LogP contribution in [0.5, 0.6) is 0 Å². The summed E-state index contributed by atoms with van der Waals surface area (Å²) < 4.78 is 1.06. The zero-order chi connectivity index (χ0) is 13.4. The Morgan fingerprint density at radius 3 is 2.63 bits per heavy atom. The summed E-state index contributed by atoms with van der Waals surface area (Å²) in [5.41, 5.74) is 0.776. The minimum atomic E-state index is 0.122. The Hall–Kier alpha value is -1.35. The molecule has 2 aromatic rings. The fourth-order valence-electron chi connectivity index (χ4n) is 2.34. The quantitative estimate of drug-likeness (QED) is 0.835. The van der Waals surface area contributed by atoms with Gasteiger partial charge in [0.2, 0.25) is 0 Å². The Morgan fingerprint density at radius 2 is 1.89 bits per heavy atom. The van der Waals surface area contributed by atoms with Crippen LogP contribution in [-0.4, -0.2) is 24.4 Å². The molecule has 98 valence electrons. The van der Waals surface area contributed by atoms with Crippen molar-refractivity contribution in [2.45, 2.75) is 12.8 Å². The Labute approximate surface area is 121 Å². The van der Waals surface area contributed by atoms with Crippen LogP contribution in [0.4, 0.5) is 0 Å². The van der Waals surface area contributed by atoms with Gasteiger partial charge in [-0.25, -0.2) is 0 Å². The lowest BCUT2D eigenvalue weighted by Crippen LogP contribution is -2.28. The monoisotopic (exact) mass is 317 g/mol. The van der Waals surface area contributed by atoms with Gasteiger partial charge in [-0.2, -0.15) is 0 Å². The van der Waals surface area contributed by atoms with Crippen molar-refractivity contribution >= 4 is 32.6 Å². The van der Waals surface area contributed by atoms with E-state index in [4.69, 9.17) is 0 Å². The number of nitrogens with zero attached hydrogens (tertiary/aromatic N) is 1. The van der Waals surface area contributed by atoms with E-state index < -0.39 is 0 Å². The van der Waals surface area contributed by atoms with Gasteiger partial charge in [0.1, 0.15) is 0 Å². The molecule has 0 bridgehead atoms. The highest BCUT2D eigenvalue weighted by Crippen LogP contribution is 2.30. The normalized spacial score (nSPS) is 14.6. The number of amides is 1. The van der Waals surface area contributed by atoms with Crippen LogP contribution in [0.3, 0.4) is 0 Å². The highest BCUT2D eigenvalue weighted by Gasteiger charge is 2.25. The van der Waals surface area contributed by atoms with Crippen molar-refractivity contribution in [2.75, 3.05) is 13.6 Å². The van der Waals surface area contributed by atoms with Crippen LogP contribution in [0.1, 0.15) is 23.2 Å². The number of halogens is 1. The van der Waals surface area contributed by atoms with Gasteiger partial charge in [0.15, 0.2) is 0 Å². The van der Waals surface area contributed by atoms with Gasteiger partial charge in [-0.05, 0) is 53.8 Å². The van der Waals surface area contributed by atoms with E-state index in [0.29, 0.717) is 0 Å². The topological polar surface area (TPSA) is 20.3 Å². The fraction of sp³-hybridized carbons (Fsp3) is 0.312. The number of hydrogen-bond donors (Lipinski definition) is 0. The molecule has 1 saturated carbocycles. The van der Waals surface area contributed by atoms with Crippen molar-refractivity contribution in [3.05, 3.63) is 46.4 Å². The molecule has 2 nitrogen and oxygen atoms in total. The largest absolute Gasteiger partial charge is 0.341 e. The van der Waals surface area contributed by atoms with Gasteiger partial charge < -0.3 is 4.90 Å². The summed E-state index contributed by atoms with van der Waals surface area (Å²) in [6.07, 6.45) is 2.53. The van der Waals surface area contributed by atoms with Crippen LogP contribution in [-0.2, 0) is 0 Å². The molecule has 0 atom stereocenters. The van der Waals surface area contributed by atoms with Crippen LogP contribution in [0.15, 0.2) is 40.9 Å². The average molecular weight is 318 g/mol. The second kappa shape index (κ2) is 4.97. The van der Waals surface area contributed by atoms with Crippen molar-refractivity contribution in [3.8, 4) is 0 Å². The molecule has 0 spiro atoms. The van der Waals surface area contributed by atoms with E-state index in [1.807, 2.05) is 42.3 Å². The number of rotatable bonds is 3. The third-order valence-corrected chi connectivity index (χ3v) is 4.12. The van der Waals surface area contributed by atoms with Gasteiger partial charge >= 0.3 is 0 Å². The van der Waals surface area contributed by atoms with Crippen molar-refractivity contribution < 1.29 is 4.79 Å². The lowest BCUT2D eigenvalue weighted by molar-refractivity contribution is 0.0789. The van der Waals surface area contributed by atoms with Crippen LogP contribution in [0.2, 0.25) is 0 Å². The molecule has 3 heteroatoms. The van der Waals surface area contributed by atoms with Gasteiger partial charge in [-0.1, -0.05) is 28.1 Å². The average Bonchev–Trinajstić information content (AvgIpc) is 3.21. The molecule has 0 N–H and O–H groups in total. The summed E-state index contributed by atoms with van der Waals surface area (Å²) in [5, 5.41) is 2.25. The van der Waals surface area contributed by atoms with E-state index >= 15 is 0 Å². The Bertz CT molecular complexity index is 634. The predicted molar refractivity (Wildman–Crippen MR) is 81.3 cm³/mol. The first-order valence-corrected chi connectivity index (χ1v) is 7.37. The van der Waals surface area contributed by atoms with Crippen LogP contribution in [0, 0.1) is 5.92 Å². The van der Waals surface area contributed by atoms with Gasteiger partial charge in [0.25, 0.3) is 5.91 Å². The molecule has 3 rings (SSSR count). The molecule has 1 aliphatic carbocycles. The van der Waals surface area contributed by atoms with Crippen molar-refractivity contribution in [1.29, 1.82) is 0 Å². The first-order chi connectivity index (χ1) is 9.13. The number of benzene rings is 2. The highest BCUT2D eigenvalue weighted by molar-refractivity contribution is 9.10. The molecule has 0 heterocycles. The first-order valence-electron chi connectivity index (χ1n) is 6.58. The summed E-state index contributed by atoms with van der Waals surface area (Å²) in [6.45, 7) is 0.886. The van der Waals surface area contributed by atoms with Gasteiger partial charge in [0.05, 0.1) is 0 Å². The summed E-state index contributed by atoms with van der Waals surface area (Å²) in [6, 6.07) is 12.0. The molecule has 1 fully saturated rings. The van der Waals surface area contributed by atoms with Gasteiger partial charge in [-0.3, -0.25) is 4.79 Å². The first kappa shape index (κ1) is 12.7. The number of carbonyl (C=O) groups is 1. The Morgan fingerprint density at radius 1 is 1.21 bits per heavy atom. The van der Waals surface area contributed by atoms with E-state index in [1.54, 1.807) is 0 Å². The van der Waals surface area contributed by atoms with E-state index in [-0.39, 0.29) is 5.91 Å². The third kappa shape index (κ3) is 2.81. The number of carbonyl (C=O) groups excluding carboxylic acids is 1. The molecule has 0 aromatic heterocycles. The van der Waals surface area contributed by atoms with Crippen LogP contribution in [0.25, 0.3) is 10.8 Å². The maximum Gasteiger partial charge on any atom is 0.253 e. The summed E-state index contributed by atoms with van der Waals surface area (Å²) >= 11 is 3.46. The molecule has 19 heavy (non-hydrogen) atoms. The fourth-order valence-corrected chi connectivity index (χ4v) is 2.72. The lowest BCUT2D eigenvalue weighted by Gasteiger charge is -2.17. The smallest absolute Gasteiger partial charge is 0.253 e. The second-order valence-electron chi connectivity index (χ2n) is 5.34. The minimum Gasteiger partial charge on any atom is -0.341 e. The van der Waals surface area contributed by atoms with Crippen LogP contribution < -0.4 is 0 Å².